The Morgan fingerprint density at radius 3 is 2.79 bits per heavy atom. The van der Waals surface area contributed by atoms with E-state index in [2.05, 4.69) is 25.3 Å². The second kappa shape index (κ2) is 12.8. The van der Waals surface area contributed by atoms with Crippen LogP contribution >= 0.6 is 11.6 Å². The van der Waals surface area contributed by atoms with Crippen LogP contribution in [-0.4, -0.2) is 60.0 Å². The topological polar surface area (TPSA) is 81.1 Å². The predicted octanol–water partition coefficient (Wildman–Crippen LogP) is 5.82. The van der Waals surface area contributed by atoms with Crippen molar-refractivity contribution in [2.24, 2.45) is 5.16 Å². The number of hydrogen-bond donors (Lipinski definition) is 1. The van der Waals surface area contributed by atoms with Gasteiger partial charge in [-0.2, -0.15) is 0 Å². The third-order valence-corrected chi connectivity index (χ3v) is 6.63. The number of halogens is 2. The van der Waals surface area contributed by atoms with Crippen LogP contribution in [0.1, 0.15) is 18.1 Å². The maximum Gasteiger partial charge on any atom is 0.141 e. The Balaban J connectivity index is 1.25. The summed E-state index contributed by atoms with van der Waals surface area (Å²) in [6.07, 6.45) is 1.51. The van der Waals surface area contributed by atoms with Crippen molar-refractivity contribution in [3.05, 3.63) is 89.0 Å². The minimum absolute atomic E-state index is 0.210. The van der Waals surface area contributed by atoms with Crippen LogP contribution in [0.5, 0.6) is 5.75 Å². The molecule has 5 rings (SSSR count). The summed E-state index contributed by atoms with van der Waals surface area (Å²) in [6, 6.07) is 17.5. The number of nitrogens with zero attached hydrogens (tertiary/aromatic N) is 4. The van der Waals surface area contributed by atoms with Crippen LogP contribution in [0.15, 0.2) is 72.1 Å². The second-order valence-corrected chi connectivity index (χ2v) is 9.51. The first-order valence-corrected chi connectivity index (χ1v) is 13.1. The van der Waals surface area contributed by atoms with Crippen molar-refractivity contribution in [1.29, 1.82) is 0 Å². The number of oxime groups is 1. The fourth-order valence-electron chi connectivity index (χ4n) is 4.19. The average molecular weight is 550 g/mol. The molecule has 0 aliphatic carbocycles. The van der Waals surface area contributed by atoms with Gasteiger partial charge in [-0.05, 0) is 60.5 Å². The van der Waals surface area contributed by atoms with E-state index in [1.54, 1.807) is 24.3 Å². The Bertz CT molecular complexity index is 1460. The number of anilines is 2. The number of nitrogens with one attached hydrogen (secondary N) is 1. The van der Waals surface area contributed by atoms with E-state index in [0.717, 1.165) is 66.3 Å². The zero-order valence-corrected chi connectivity index (χ0v) is 22.3. The summed E-state index contributed by atoms with van der Waals surface area (Å²) in [4.78, 5) is 16.7. The molecule has 1 aliphatic rings. The summed E-state index contributed by atoms with van der Waals surface area (Å²) < 4.78 is 24.6. The van der Waals surface area contributed by atoms with Gasteiger partial charge in [0.15, 0.2) is 0 Å². The average Bonchev–Trinajstić information content (AvgIpc) is 2.95. The molecule has 0 saturated carbocycles. The number of hydrogen-bond acceptors (Lipinski definition) is 8. The van der Waals surface area contributed by atoms with Gasteiger partial charge in [0.25, 0.3) is 0 Å². The Labute approximate surface area is 231 Å². The summed E-state index contributed by atoms with van der Waals surface area (Å²) in [6.45, 7) is 6.82. The number of fused-ring (bicyclic) bond motifs is 1. The monoisotopic (exact) mass is 549 g/mol. The Hall–Kier alpha value is -3.79. The second-order valence-electron chi connectivity index (χ2n) is 9.11. The van der Waals surface area contributed by atoms with Gasteiger partial charge in [0.2, 0.25) is 0 Å². The Morgan fingerprint density at radius 2 is 1.97 bits per heavy atom. The standard InChI is InChI=1S/C29H29ClFN5O3/c1-20(35-39-14-11-36-9-12-37-13-10-36)22-5-7-27-25(16-22)29(33-19-32-27)34-24-6-8-28(26(30)17-24)38-18-21-3-2-4-23(31)15-21/h2-8,15-17,19H,9-14,18H2,1H3,(H,32,33,34)/b35-20+. The van der Waals surface area contributed by atoms with Crippen molar-refractivity contribution in [3.63, 3.8) is 0 Å². The minimum atomic E-state index is -0.306. The molecule has 0 unspecified atom stereocenters. The summed E-state index contributed by atoms with van der Waals surface area (Å²) in [5, 5.41) is 8.89. The maximum absolute atomic E-state index is 13.4. The fourth-order valence-corrected chi connectivity index (χ4v) is 4.43. The molecule has 1 saturated heterocycles. The molecule has 4 aromatic rings. The molecule has 39 heavy (non-hydrogen) atoms. The smallest absolute Gasteiger partial charge is 0.141 e. The van der Waals surface area contributed by atoms with E-state index >= 15 is 0 Å². The van der Waals surface area contributed by atoms with E-state index in [9.17, 15) is 4.39 Å². The zero-order valence-electron chi connectivity index (χ0n) is 21.6. The highest BCUT2D eigenvalue weighted by atomic mass is 35.5. The van der Waals surface area contributed by atoms with E-state index in [1.165, 1.54) is 18.5 Å². The SMILES string of the molecule is C/C(=N\OCCN1CCOCC1)c1ccc2ncnc(Nc3ccc(OCc4cccc(F)c4)c(Cl)c3)c2c1. The number of benzene rings is 3. The van der Waals surface area contributed by atoms with Gasteiger partial charge in [0.05, 0.1) is 29.5 Å². The molecule has 0 spiro atoms. The lowest BCUT2D eigenvalue weighted by Gasteiger charge is -2.25. The highest BCUT2D eigenvalue weighted by molar-refractivity contribution is 6.32. The van der Waals surface area contributed by atoms with Crippen molar-refractivity contribution in [3.8, 4) is 5.75 Å². The predicted molar refractivity (Wildman–Crippen MR) is 150 cm³/mol. The summed E-state index contributed by atoms with van der Waals surface area (Å²) in [7, 11) is 0. The lowest BCUT2D eigenvalue weighted by Crippen LogP contribution is -2.38. The van der Waals surface area contributed by atoms with Crippen LogP contribution < -0.4 is 10.1 Å². The van der Waals surface area contributed by atoms with Gasteiger partial charge in [0.1, 0.15) is 36.9 Å². The van der Waals surface area contributed by atoms with Gasteiger partial charge in [-0.25, -0.2) is 14.4 Å². The summed E-state index contributed by atoms with van der Waals surface area (Å²) in [5.74, 6) is 0.828. The third kappa shape index (κ3) is 7.20. The van der Waals surface area contributed by atoms with Crippen LogP contribution in [0.4, 0.5) is 15.9 Å². The molecular weight excluding hydrogens is 521 g/mol. The summed E-state index contributed by atoms with van der Waals surface area (Å²) >= 11 is 6.48. The molecule has 0 bridgehead atoms. The molecule has 0 radical (unpaired) electrons. The summed E-state index contributed by atoms with van der Waals surface area (Å²) in [5.41, 5.74) is 3.92. The molecule has 10 heteroatoms. The minimum Gasteiger partial charge on any atom is -0.487 e. The van der Waals surface area contributed by atoms with E-state index in [4.69, 9.17) is 25.9 Å². The zero-order chi connectivity index (χ0) is 27.0. The van der Waals surface area contributed by atoms with Crippen LogP contribution in [0.2, 0.25) is 5.02 Å². The molecule has 1 N–H and O–H groups in total. The van der Waals surface area contributed by atoms with Gasteiger partial charge >= 0.3 is 0 Å². The number of rotatable bonds is 10. The molecule has 2 heterocycles. The van der Waals surface area contributed by atoms with Gasteiger partial charge in [-0.15, -0.1) is 0 Å². The molecular formula is C29H29ClFN5O3. The van der Waals surface area contributed by atoms with Crippen LogP contribution in [-0.2, 0) is 16.2 Å². The molecule has 3 aromatic carbocycles. The molecule has 8 nitrogen and oxygen atoms in total. The van der Waals surface area contributed by atoms with Gasteiger partial charge in [-0.3, -0.25) is 4.90 Å². The molecule has 202 valence electrons. The largest absolute Gasteiger partial charge is 0.487 e. The van der Waals surface area contributed by atoms with Crippen molar-refractivity contribution < 1.29 is 18.7 Å². The van der Waals surface area contributed by atoms with Crippen molar-refractivity contribution in [2.75, 3.05) is 44.8 Å². The van der Waals surface area contributed by atoms with Gasteiger partial charge in [-0.1, -0.05) is 35.0 Å². The first-order chi connectivity index (χ1) is 19.0. The van der Waals surface area contributed by atoms with Crippen LogP contribution in [0.3, 0.4) is 0 Å². The lowest BCUT2D eigenvalue weighted by molar-refractivity contribution is 0.0212. The van der Waals surface area contributed by atoms with Gasteiger partial charge in [0, 0.05) is 30.7 Å². The highest BCUT2D eigenvalue weighted by Gasteiger charge is 2.11. The Morgan fingerprint density at radius 1 is 1.10 bits per heavy atom. The number of aromatic nitrogens is 2. The van der Waals surface area contributed by atoms with Crippen LogP contribution in [0, 0.1) is 5.82 Å². The van der Waals surface area contributed by atoms with Crippen molar-refractivity contribution in [1.82, 2.24) is 14.9 Å². The molecule has 0 amide bonds. The van der Waals surface area contributed by atoms with Crippen molar-refractivity contribution >= 4 is 39.7 Å². The van der Waals surface area contributed by atoms with E-state index in [1.807, 2.05) is 31.2 Å². The van der Waals surface area contributed by atoms with E-state index in [0.29, 0.717) is 23.2 Å². The third-order valence-electron chi connectivity index (χ3n) is 6.34. The molecule has 0 atom stereocenters. The van der Waals surface area contributed by atoms with Crippen LogP contribution in [0.25, 0.3) is 10.9 Å². The molecule has 1 fully saturated rings. The Kier molecular flexibility index (Phi) is 8.82. The maximum atomic E-state index is 13.4. The first-order valence-electron chi connectivity index (χ1n) is 12.7. The molecule has 1 aliphatic heterocycles. The van der Waals surface area contributed by atoms with E-state index in [-0.39, 0.29) is 12.4 Å². The number of morpholine rings is 1. The number of ether oxygens (including phenoxy) is 2. The lowest BCUT2D eigenvalue weighted by atomic mass is 10.1. The highest BCUT2D eigenvalue weighted by Crippen LogP contribution is 2.31. The van der Waals surface area contributed by atoms with Crippen molar-refractivity contribution in [2.45, 2.75) is 13.5 Å². The van der Waals surface area contributed by atoms with Gasteiger partial charge < -0.3 is 19.6 Å². The normalized spacial score (nSPS) is 14.4. The van der Waals surface area contributed by atoms with E-state index < -0.39 is 0 Å². The fraction of sp³-hybridized carbons (Fsp3) is 0.276. The first kappa shape index (κ1) is 26.8. The quantitative estimate of drug-likeness (QED) is 0.152. The molecule has 1 aromatic heterocycles.